The van der Waals surface area contributed by atoms with Crippen LogP contribution >= 0.6 is 11.8 Å². The fourth-order valence-corrected chi connectivity index (χ4v) is 2.96. The van der Waals surface area contributed by atoms with Crippen molar-refractivity contribution in [2.24, 2.45) is 22.2 Å². The minimum Gasteiger partial charge on any atom is -0.480 e. The van der Waals surface area contributed by atoms with Gasteiger partial charge in [0.2, 0.25) is 17.7 Å². The van der Waals surface area contributed by atoms with E-state index in [1.165, 1.54) is 25.6 Å². The highest BCUT2D eigenvalue weighted by molar-refractivity contribution is 7.98. The van der Waals surface area contributed by atoms with Crippen molar-refractivity contribution in [1.82, 2.24) is 16.0 Å². The van der Waals surface area contributed by atoms with Crippen molar-refractivity contribution in [3.05, 3.63) is 0 Å². The number of amides is 3. The summed E-state index contributed by atoms with van der Waals surface area (Å²) in [7, 11) is 0. The Kier molecular flexibility index (Phi) is 14.0. The van der Waals surface area contributed by atoms with E-state index in [9.17, 15) is 29.4 Å². The number of aliphatic carboxylic acids is 1. The van der Waals surface area contributed by atoms with Gasteiger partial charge in [0.25, 0.3) is 0 Å². The van der Waals surface area contributed by atoms with Gasteiger partial charge in [-0.2, -0.15) is 11.8 Å². The number of aliphatic imine (C=N–C) groups is 1. The first kappa shape index (κ1) is 29.4. The molecule has 14 heteroatoms. The largest absolute Gasteiger partial charge is 0.480 e. The van der Waals surface area contributed by atoms with Crippen molar-refractivity contribution in [3.63, 3.8) is 0 Å². The van der Waals surface area contributed by atoms with Crippen LogP contribution in [0.3, 0.4) is 0 Å². The van der Waals surface area contributed by atoms with Gasteiger partial charge in [-0.15, -0.1) is 0 Å². The number of nitrogens with two attached hydrogens (primary N) is 3. The summed E-state index contributed by atoms with van der Waals surface area (Å²) in [5.74, 6) is -3.05. The number of carbonyl (C=O) groups is 4. The van der Waals surface area contributed by atoms with Crippen molar-refractivity contribution in [1.29, 1.82) is 0 Å². The van der Waals surface area contributed by atoms with E-state index in [1.54, 1.807) is 6.26 Å². The smallest absolute Gasteiger partial charge is 0.326 e. The quantitative estimate of drug-likeness (QED) is 0.0678. The summed E-state index contributed by atoms with van der Waals surface area (Å²) in [6, 6.07) is -4.58. The number of nitrogens with one attached hydrogen (secondary N) is 3. The Bertz CT molecular complexity index is 670. The number of hydrogen-bond acceptors (Lipinski definition) is 8. The van der Waals surface area contributed by atoms with E-state index in [1.807, 2.05) is 0 Å². The molecule has 0 aliphatic carbocycles. The van der Waals surface area contributed by atoms with Gasteiger partial charge in [-0.1, -0.05) is 0 Å². The second-order valence-corrected chi connectivity index (χ2v) is 8.19. The molecule has 0 aromatic carbocycles. The van der Waals surface area contributed by atoms with E-state index in [4.69, 9.17) is 17.2 Å². The third kappa shape index (κ3) is 11.7. The lowest BCUT2D eigenvalue weighted by molar-refractivity contribution is -0.142. The van der Waals surface area contributed by atoms with Crippen LogP contribution in [0.2, 0.25) is 0 Å². The molecule has 32 heavy (non-hydrogen) atoms. The fraction of sp³-hybridized carbons (Fsp3) is 0.722. The molecular weight excluding hydrogens is 442 g/mol. The lowest BCUT2D eigenvalue weighted by atomic mass is 10.1. The first-order valence-corrected chi connectivity index (χ1v) is 11.4. The van der Waals surface area contributed by atoms with Crippen molar-refractivity contribution in [3.8, 4) is 0 Å². The van der Waals surface area contributed by atoms with Crippen LogP contribution in [0.15, 0.2) is 4.99 Å². The van der Waals surface area contributed by atoms with Crippen molar-refractivity contribution in [2.45, 2.75) is 63.4 Å². The molecule has 0 heterocycles. The molecule has 5 unspecified atom stereocenters. The van der Waals surface area contributed by atoms with Gasteiger partial charge in [0.1, 0.15) is 18.1 Å². The maximum atomic E-state index is 12.8. The number of carboxylic acid groups (broad SMARTS) is 1. The van der Waals surface area contributed by atoms with Gasteiger partial charge in [-0.05, 0) is 45.1 Å². The molecule has 0 saturated heterocycles. The van der Waals surface area contributed by atoms with E-state index in [-0.39, 0.29) is 25.3 Å². The summed E-state index contributed by atoms with van der Waals surface area (Å²) in [5, 5.41) is 26.5. The summed E-state index contributed by atoms with van der Waals surface area (Å²) >= 11 is 1.43. The van der Waals surface area contributed by atoms with Crippen LogP contribution in [-0.4, -0.2) is 88.7 Å². The molecule has 0 aromatic heterocycles. The lowest BCUT2D eigenvalue weighted by Crippen LogP contribution is -2.59. The summed E-state index contributed by atoms with van der Waals surface area (Å²) in [5.41, 5.74) is 16.0. The van der Waals surface area contributed by atoms with Crippen LogP contribution in [-0.2, 0) is 19.2 Å². The topological polar surface area (TPSA) is 235 Å². The first-order chi connectivity index (χ1) is 14.9. The van der Waals surface area contributed by atoms with Crippen molar-refractivity contribution >= 4 is 41.4 Å². The number of thioether (sulfide) groups is 1. The van der Waals surface area contributed by atoms with E-state index in [0.717, 1.165) is 0 Å². The van der Waals surface area contributed by atoms with Gasteiger partial charge in [-0.3, -0.25) is 19.4 Å². The molecule has 13 nitrogen and oxygen atoms in total. The zero-order valence-corrected chi connectivity index (χ0v) is 19.4. The Balaban J connectivity index is 5.45. The molecule has 0 aromatic rings. The number of carbonyl (C=O) groups excluding carboxylic acids is 3. The maximum absolute atomic E-state index is 12.8. The van der Waals surface area contributed by atoms with Crippen molar-refractivity contribution < 1.29 is 29.4 Å². The highest BCUT2D eigenvalue weighted by Gasteiger charge is 2.31. The minimum absolute atomic E-state index is 0.0803. The molecule has 0 spiro atoms. The Morgan fingerprint density at radius 2 is 1.56 bits per heavy atom. The second-order valence-electron chi connectivity index (χ2n) is 7.21. The molecule has 0 aliphatic rings. The Morgan fingerprint density at radius 3 is 2.03 bits per heavy atom. The number of hydrogen-bond donors (Lipinski definition) is 8. The van der Waals surface area contributed by atoms with E-state index in [2.05, 4.69) is 20.9 Å². The van der Waals surface area contributed by atoms with E-state index >= 15 is 0 Å². The monoisotopic (exact) mass is 477 g/mol. The highest BCUT2D eigenvalue weighted by Crippen LogP contribution is 2.05. The SMILES string of the molecule is CSCCC(NC(=O)C(CCCN=C(N)N)NC(=O)C(NC(=O)C(C)N)C(C)O)C(=O)O. The van der Waals surface area contributed by atoms with Crippen LogP contribution in [0.5, 0.6) is 0 Å². The Hall–Kier alpha value is -2.58. The molecule has 0 aliphatic heterocycles. The Labute approximate surface area is 191 Å². The molecule has 0 fully saturated rings. The lowest BCUT2D eigenvalue weighted by Gasteiger charge is -2.26. The molecule has 3 amide bonds. The number of carboxylic acids is 1. The zero-order chi connectivity index (χ0) is 24.8. The number of guanidine groups is 1. The first-order valence-electron chi connectivity index (χ1n) is 10.0. The van der Waals surface area contributed by atoms with Crippen LogP contribution < -0.4 is 33.2 Å². The van der Waals surface area contributed by atoms with Gasteiger partial charge in [0, 0.05) is 6.54 Å². The van der Waals surface area contributed by atoms with Crippen LogP contribution in [0, 0.1) is 0 Å². The summed E-state index contributed by atoms with van der Waals surface area (Å²) in [6.45, 7) is 2.88. The molecule has 184 valence electrons. The Morgan fingerprint density at radius 1 is 0.969 bits per heavy atom. The van der Waals surface area contributed by atoms with Crippen LogP contribution in [0.25, 0.3) is 0 Å². The summed E-state index contributed by atoms with van der Waals surface area (Å²) in [6.07, 6.45) is 1.09. The highest BCUT2D eigenvalue weighted by atomic mass is 32.2. The number of aliphatic hydroxyl groups is 1. The zero-order valence-electron chi connectivity index (χ0n) is 18.5. The van der Waals surface area contributed by atoms with Gasteiger partial charge in [0.15, 0.2) is 5.96 Å². The van der Waals surface area contributed by atoms with Crippen LogP contribution in [0.1, 0.15) is 33.1 Å². The predicted octanol–water partition coefficient (Wildman–Crippen LogP) is -2.94. The number of aliphatic hydroxyl groups excluding tert-OH is 1. The molecular formula is C18H35N7O6S. The van der Waals surface area contributed by atoms with Crippen molar-refractivity contribution in [2.75, 3.05) is 18.6 Å². The summed E-state index contributed by atoms with van der Waals surface area (Å²) < 4.78 is 0. The van der Waals surface area contributed by atoms with E-state index < -0.39 is 54.0 Å². The summed E-state index contributed by atoms with van der Waals surface area (Å²) in [4.78, 5) is 52.6. The standard InChI is InChI=1S/C18H35N7O6S/c1-9(19)14(27)25-13(10(2)26)16(29)23-11(5-4-7-22-18(20)21)15(28)24-12(17(30)31)6-8-32-3/h9-13,26H,4-8,19H2,1-3H3,(H,23,29)(H,24,28)(H,25,27)(H,30,31)(H4,20,21,22). The van der Waals surface area contributed by atoms with Gasteiger partial charge in [0.05, 0.1) is 12.1 Å². The predicted molar refractivity (Wildman–Crippen MR) is 122 cm³/mol. The fourth-order valence-electron chi connectivity index (χ4n) is 2.49. The molecule has 11 N–H and O–H groups in total. The second kappa shape index (κ2) is 15.3. The van der Waals surface area contributed by atoms with Gasteiger partial charge < -0.3 is 43.4 Å². The number of rotatable bonds is 15. The van der Waals surface area contributed by atoms with E-state index in [0.29, 0.717) is 12.2 Å². The maximum Gasteiger partial charge on any atom is 0.326 e. The third-order valence-corrected chi connectivity index (χ3v) is 4.92. The molecule has 0 bridgehead atoms. The normalized spacial score (nSPS) is 15.4. The third-order valence-electron chi connectivity index (χ3n) is 4.28. The molecule has 0 rings (SSSR count). The minimum atomic E-state index is -1.37. The number of nitrogens with zero attached hydrogens (tertiary/aromatic N) is 1. The van der Waals surface area contributed by atoms with Crippen LogP contribution in [0.4, 0.5) is 0 Å². The average molecular weight is 478 g/mol. The average Bonchev–Trinajstić information content (AvgIpc) is 2.69. The molecule has 0 radical (unpaired) electrons. The molecule has 5 atom stereocenters. The van der Waals surface area contributed by atoms with Gasteiger partial charge in [-0.25, -0.2) is 4.79 Å². The molecule has 0 saturated carbocycles. The van der Waals surface area contributed by atoms with Gasteiger partial charge >= 0.3 is 5.97 Å².